The molecule has 0 aliphatic rings. The second-order valence-corrected chi connectivity index (χ2v) is 5.25. The fourth-order valence-corrected chi connectivity index (χ4v) is 1.54. The maximum Gasteiger partial charge on any atom is 0.137 e. The fourth-order valence-electron chi connectivity index (χ4n) is 1.54. The Morgan fingerprint density at radius 1 is 1.39 bits per heavy atom. The lowest BCUT2D eigenvalue weighted by Crippen LogP contribution is -2.43. The van der Waals surface area contributed by atoms with Gasteiger partial charge in [-0.05, 0) is 40.4 Å². The lowest BCUT2D eigenvalue weighted by molar-refractivity contribution is 0.0160. The molecule has 18 heavy (non-hydrogen) atoms. The average Bonchev–Trinajstić information content (AvgIpc) is 2.35. The monoisotopic (exact) mass is 252 g/mol. The van der Waals surface area contributed by atoms with Crippen LogP contribution in [0.2, 0.25) is 0 Å². The molecule has 0 bridgehead atoms. The highest BCUT2D eigenvalue weighted by Gasteiger charge is 2.31. The van der Waals surface area contributed by atoms with Crippen molar-refractivity contribution in [3.05, 3.63) is 24.0 Å². The molecule has 1 aromatic rings. The summed E-state index contributed by atoms with van der Waals surface area (Å²) in [6.45, 7) is 6.72. The minimum atomic E-state index is -0.606. The van der Waals surface area contributed by atoms with Crippen LogP contribution in [0.1, 0.15) is 38.9 Å². The predicted molar refractivity (Wildman–Crippen MR) is 72.7 cm³/mol. The van der Waals surface area contributed by atoms with Gasteiger partial charge in [0.25, 0.3) is 0 Å². The number of hydrogen-bond donors (Lipinski definition) is 1. The highest BCUT2D eigenvalue weighted by Crippen LogP contribution is 2.30. The molecule has 0 spiro atoms. The van der Waals surface area contributed by atoms with Gasteiger partial charge in [-0.25, -0.2) is 0 Å². The molecule has 1 unspecified atom stereocenters. The summed E-state index contributed by atoms with van der Waals surface area (Å²) in [5.74, 6) is 0.711. The first-order valence-corrected chi connectivity index (χ1v) is 6.32. The van der Waals surface area contributed by atoms with Crippen molar-refractivity contribution >= 4 is 0 Å². The zero-order valence-corrected chi connectivity index (χ0v) is 12.0. The van der Waals surface area contributed by atoms with Gasteiger partial charge in [-0.15, -0.1) is 0 Å². The van der Waals surface area contributed by atoms with Gasteiger partial charge in [0.1, 0.15) is 5.75 Å². The van der Waals surface area contributed by atoms with Crippen molar-refractivity contribution in [2.45, 2.75) is 38.8 Å². The van der Waals surface area contributed by atoms with Crippen molar-refractivity contribution in [3.8, 4) is 5.75 Å². The molecule has 1 N–H and O–H groups in total. The van der Waals surface area contributed by atoms with Crippen molar-refractivity contribution in [2.24, 2.45) is 0 Å². The Hall–Kier alpha value is -1.13. The van der Waals surface area contributed by atoms with Crippen LogP contribution in [0, 0.1) is 0 Å². The van der Waals surface area contributed by atoms with E-state index in [4.69, 9.17) is 4.74 Å². The van der Waals surface area contributed by atoms with E-state index < -0.39 is 6.10 Å². The number of ether oxygens (including phenoxy) is 1. The molecule has 1 rings (SSSR count). The SMILES string of the molecule is CCCOc1cncc(C(O)C(C)(C)N(C)C)c1. The van der Waals surface area contributed by atoms with Gasteiger partial charge in [-0.3, -0.25) is 4.98 Å². The summed E-state index contributed by atoms with van der Waals surface area (Å²) in [5, 5.41) is 10.4. The second-order valence-electron chi connectivity index (χ2n) is 5.25. The zero-order chi connectivity index (χ0) is 13.8. The molecule has 0 aromatic carbocycles. The number of aliphatic hydroxyl groups excluding tert-OH is 1. The van der Waals surface area contributed by atoms with E-state index in [-0.39, 0.29) is 5.54 Å². The molecule has 0 aliphatic carbocycles. The van der Waals surface area contributed by atoms with E-state index in [1.807, 2.05) is 38.9 Å². The standard InChI is InChI=1S/C14H24N2O2/c1-6-7-18-12-8-11(9-15-10-12)13(17)14(2,3)16(4)5/h8-10,13,17H,6-7H2,1-5H3. The highest BCUT2D eigenvalue weighted by molar-refractivity contribution is 5.27. The number of rotatable bonds is 6. The normalized spacial score (nSPS) is 13.7. The molecule has 0 fully saturated rings. The Balaban J connectivity index is 2.89. The molecule has 1 heterocycles. The zero-order valence-electron chi connectivity index (χ0n) is 12.0. The quantitative estimate of drug-likeness (QED) is 0.843. The molecule has 0 radical (unpaired) electrons. The van der Waals surface area contributed by atoms with Gasteiger partial charge in [0, 0.05) is 17.3 Å². The molecule has 4 heteroatoms. The van der Waals surface area contributed by atoms with Crippen LogP contribution in [0.15, 0.2) is 18.5 Å². The van der Waals surface area contributed by atoms with E-state index in [9.17, 15) is 5.11 Å². The Morgan fingerprint density at radius 3 is 2.61 bits per heavy atom. The third kappa shape index (κ3) is 3.43. The summed E-state index contributed by atoms with van der Waals surface area (Å²) in [4.78, 5) is 6.13. The second kappa shape index (κ2) is 6.16. The number of pyridine rings is 1. The van der Waals surface area contributed by atoms with Crippen LogP contribution in [0.3, 0.4) is 0 Å². The number of aliphatic hydroxyl groups is 1. The van der Waals surface area contributed by atoms with Gasteiger partial charge in [0.2, 0.25) is 0 Å². The third-order valence-corrected chi connectivity index (χ3v) is 3.34. The van der Waals surface area contributed by atoms with Gasteiger partial charge in [0.15, 0.2) is 0 Å². The first-order valence-electron chi connectivity index (χ1n) is 6.32. The first-order chi connectivity index (χ1) is 8.39. The van der Waals surface area contributed by atoms with E-state index in [1.54, 1.807) is 12.4 Å². The Kier molecular flexibility index (Phi) is 5.11. The van der Waals surface area contributed by atoms with Gasteiger partial charge >= 0.3 is 0 Å². The van der Waals surface area contributed by atoms with Gasteiger partial charge < -0.3 is 14.7 Å². The molecule has 0 amide bonds. The van der Waals surface area contributed by atoms with Crippen LogP contribution in [0.5, 0.6) is 5.75 Å². The number of nitrogens with zero attached hydrogens (tertiary/aromatic N) is 2. The average molecular weight is 252 g/mol. The van der Waals surface area contributed by atoms with Crippen LogP contribution in [-0.4, -0.2) is 41.2 Å². The molecular formula is C14H24N2O2. The summed E-state index contributed by atoms with van der Waals surface area (Å²) in [5.41, 5.74) is 0.424. The van der Waals surface area contributed by atoms with E-state index in [0.717, 1.165) is 12.0 Å². The number of hydrogen-bond acceptors (Lipinski definition) is 4. The molecule has 0 saturated heterocycles. The highest BCUT2D eigenvalue weighted by atomic mass is 16.5. The predicted octanol–water partition coefficient (Wildman–Crippen LogP) is 2.24. The molecule has 102 valence electrons. The molecule has 0 saturated carbocycles. The smallest absolute Gasteiger partial charge is 0.137 e. The summed E-state index contributed by atoms with van der Waals surface area (Å²) in [6, 6.07) is 1.86. The topological polar surface area (TPSA) is 45.6 Å². The van der Waals surface area contributed by atoms with Crippen LogP contribution in [0.4, 0.5) is 0 Å². The molecule has 0 aliphatic heterocycles. The van der Waals surface area contributed by atoms with Crippen LogP contribution in [0.25, 0.3) is 0 Å². The maximum atomic E-state index is 10.4. The van der Waals surface area contributed by atoms with Crippen LogP contribution < -0.4 is 4.74 Å². The summed E-state index contributed by atoms with van der Waals surface area (Å²) < 4.78 is 5.53. The number of likely N-dealkylation sites (N-methyl/N-ethyl adjacent to an activating group) is 1. The minimum Gasteiger partial charge on any atom is -0.492 e. The van der Waals surface area contributed by atoms with Crippen LogP contribution in [-0.2, 0) is 0 Å². The lowest BCUT2D eigenvalue weighted by atomic mass is 9.91. The largest absolute Gasteiger partial charge is 0.492 e. The summed E-state index contributed by atoms with van der Waals surface area (Å²) in [7, 11) is 3.90. The van der Waals surface area contributed by atoms with E-state index in [1.165, 1.54) is 0 Å². The molecule has 1 aromatic heterocycles. The third-order valence-electron chi connectivity index (χ3n) is 3.34. The minimum absolute atomic E-state index is 0.356. The summed E-state index contributed by atoms with van der Waals surface area (Å²) >= 11 is 0. The van der Waals surface area contributed by atoms with Crippen molar-refractivity contribution in [3.63, 3.8) is 0 Å². The molecule has 1 atom stereocenters. The summed E-state index contributed by atoms with van der Waals surface area (Å²) in [6.07, 6.45) is 3.71. The van der Waals surface area contributed by atoms with E-state index >= 15 is 0 Å². The Labute approximate surface area is 110 Å². The van der Waals surface area contributed by atoms with E-state index in [2.05, 4.69) is 11.9 Å². The lowest BCUT2D eigenvalue weighted by Gasteiger charge is -2.37. The van der Waals surface area contributed by atoms with Crippen molar-refractivity contribution < 1.29 is 9.84 Å². The van der Waals surface area contributed by atoms with Crippen LogP contribution >= 0.6 is 0 Å². The van der Waals surface area contributed by atoms with E-state index in [0.29, 0.717) is 12.4 Å². The van der Waals surface area contributed by atoms with Gasteiger partial charge in [-0.2, -0.15) is 0 Å². The molecule has 4 nitrogen and oxygen atoms in total. The van der Waals surface area contributed by atoms with Crippen molar-refractivity contribution in [1.82, 2.24) is 9.88 Å². The van der Waals surface area contributed by atoms with Gasteiger partial charge in [-0.1, -0.05) is 6.92 Å². The number of aromatic nitrogens is 1. The first kappa shape index (κ1) is 14.9. The van der Waals surface area contributed by atoms with Crippen molar-refractivity contribution in [2.75, 3.05) is 20.7 Å². The molecular weight excluding hydrogens is 228 g/mol. The fraction of sp³-hybridized carbons (Fsp3) is 0.643. The van der Waals surface area contributed by atoms with Gasteiger partial charge in [0.05, 0.1) is 18.9 Å². The van der Waals surface area contributed by atoms with Crippen molar-refractivity contribution in [1.29, 1.82) is 0 Å². The maximum absolute atomic E-state index is 10.4. The Bertz CT molecular complexity index is 378. The Morgan fingerprint density at radius 2 is 2.06 bits per heavy atom.